The fraction of sp³-hybridized carbons (Fsp3) is 0.261. The van der Waals surface area contributed by atoms with Crippen molar-refractivity contribution in [2.45, 2.75) is 31.0 Å². The summed E-state index contributed by atoms with van der Waals surface area (Å²) in [6.45, 7) is 4.93. The highest BCUT2D eigenvalue weighted by molar-refractivity contribution is 9.10. The lowest BCUT2D eigenvalue weighted by Gasteiger charge is -2.17. The predicted octanol–water partition coefficient (Wildman–Crippen LogP) is 6.96. The van der Waals surface area contributed by atoms with E-state index in [1.54, 1.807) is 23.1 Å². The molecule has 2 heterocycles. The van der Waals surface area contributed by atoms with E-state index in [0.717, 1.165) is 25.6 Å². The second kappa shape index (κ2) is 11.2. The molecule has 0 unspecified atom stereocenters. The molecule has 2 aromatic carbocycles. The van der Waals surface area contributed by atoms with Crippen LogP contribution >= 0.6 is 39.0 Å². The molecule has 4 aromatic rings. The molecule has 0 saturated heterocycles. The van der Waals surface area contributed by atoms with Crippen molar-refractivity contribution in [2.24, 2.45) is 0 Å². The number of hydrogen-bond donors (Lipinski definition) is 1. The molecular weight excluding hydrogens is 508 g/mol. The first-order valence-corrected chi connectivity index (χ1v) is 12.9. The van der Waals surface area contributed by atoms with Crippen LogP contribution in [-0.4, -0.2) is 28.2 Å². The van der Waals surface area contributed by atoms with Crippen molar-refractivity contribution in [3.05, 3.63) is 70.3 Å². The molecular formula is C23H23BrN4O2S2. The lowest BCUT2D eigenvalue weighted by molar-refractivity contribution is -0.142. The number of rotatable bonds is 10. The first-order valence-electron chi connectivity index (χ1n) is 10.3. The highest BCUT2D eigenvalue weighted by Gasteiger charge is 2.17. The number of thiazole rings is 1. The van der Waals surface area contributed by atoms with Crippen molar-refractivity contribution in [3.8, 4) is 0 Å². The second-order valence-electron chi connectivity index (χ2n) is 6.73. The third-order valence-electron chi connectivity index (χ3n) is 4.40. The summed E-state index contributed by atoms with van der Waals surface area (Å²) < 4.78 is 13.7. The van der Waals surface area contributed by atoms with E-state index in [-0.39, 0.29) is 0 Å². The molecule has 0 bridgehead atoms. The van der Waals surface area contributed by atoms with Gasteiger partial charge in [0, 0.05) is 29.5 Å². The molecule has 0 aliphatic carbocycles. The van der Waals surface area contributed by atoms with Crippen molar-refractivity contribution >= 4 is 60.2 Å². The Kier molecular flexibility index (Phi) is 8.10. The Morgan fingerprint density at radius 1 is 1.00 bits per heavy atom. The normalized spacial score (nSPS) is 11.4. The summed E-state index contributed by atoms with van der Waals surface area (Å²) >= 11 is 6.67. The van der Waals surface area contributed by atoms with E-state index in [1.807, 2.05) is 50.2 Å². The van der Waals surface area contributed by atoms with Gasteiger partial charge in [-0.25, -0.2) is 15.0 Å². The second-order valence-corrected chi connectivity index (χ2v) is 9.62. The number of hydrogen-bond acceptors (Lipinski definition) is 8. The fourth-order valence-electron chi connectivity index (χ4n) is 3.00. The number of anilines is 2. The third kappa shape index (κ3) is 6.05. The van der Waals surface area contributed by atoms with Crippen LogP contribution in [0.2, 0.25) is 0 Å². The Balaban J connectivity index is 1.63. The molecule has 0 spiro atoms. The van der Waals surface area contributed by atoms with Gasteiger partial charge in [-0.2, -0.15) is 0 Å². The summed E-state index contributed by atoms with van der Waals surface area (Å²) in [6.07, 6.45) is -0.545. The van der Waals surface area contributed by atoms with Gasteiger partial charge in [0.2, 0.25) is 6.29 Å². The van der Waals surface area contributed by atoms with E-state index in [1.165, 1.54) is 5.56 Å². The van der Waals surface area contributed by atoms with Gasteiger partial charge in [-0.1, -0.05) is 69.4 Å². The van der Waals surface area contributed by atoms with Gasteiger partial charge in [-0.15, -0.1) is 0 Å². The van der Waals surface area contributed by atoms with Gasteiger partial charge in [0.25, 0.3) is 0 Å². The summed E-state index contributed by atoms with van der Waals surface area (Å²) in [6, 6.07) is 18.2. The van der Waals surface area contributed by atoms with Crippen LogP contribution in [0.25, 0.3) is 10.2 Å². The van der Waals surface area contributed by atoms with Crippen LogP contribution < -0.4 is 5.32 Å². The number of fused-ring (bicyclic) bond motifs is 1. The lowest BCUT2D eigenvalue weighted by atomic mass is 10.2. The molecule has 0 aliphatic rings. The zero-order valence-corrected chi connectivity index (χ0v) is 21.0. The maximum absolute atomic E-state index is 5.78. The number of nitrogens with zero attached hydrogens (tertiary/aromatic N) is 3. The SMILES string of the molecule is CCOC(OCC)c1cc(Nc2nc3ccc(Br)cc3s2)nc(SCc2ccccc2)n1. The van der Waals surface area contributed by atoms with Crippen molar-refractivity contribution in [2.75, 3.05) is 18.5 Å². The number of nitrogens with one attached hydrogen (secondary N) is 1. The average Bonchev–Trinajstić information content (AvgIpc) is 3.19. The molecule has 9 heteroatoms. The molecule has 1 N–H and O–H groups in total. The Bertz CT molecular complexity index is 1170. The van der Waals surface area contributed by atoms with Crippen LogP contribution in [0.5, 0.6) is 0 Å². The number of thioether (sulfide) groups is 1. The third-order valence-corrected chi connectivity index (χ3v) is 6.74. The van der Waals surface area contributed by atoms with Gasteiger partial charge in [-0.3, -0.25) is 0 Å². The summed E-state index contributed by atoms with van der Waals surface area (Å²) in [7, 11) is 0. The fourth-order valence-corrected chi connectivity index (χ4v) is 5.24. The van der Waals surface area contributed by atoms with Crippen molar-refractivity contribution < 1.29 is 9.47 Å². The molecule has 2 aromatic heterocycles. The van der Waals surface area contributed by atoms with Crippen molar-refractivity contribution in [1.29, 1.82) is 0 Å². The monoisotopic (exact) mass is 530 g/mol. The topological polar surface area (TPSA) is 69.2 Å². The first-order chi connectivity index (χ1) is 15.6. The smallest absolute Gasteiger partial charge is 0.201 e. The van der Waals surface area contributed by atoms with Crippen molar-refractivity contribution in [3.63, 3.8) is 0 Å². The lowest BCUT2D eigenvalue weighted by Crippen LogP contribution is -2.12. The Morgan fingerprint density at radius 2 is 1.78 bits per heavy atom. The van der Waals surface area contributed by atoms with Crippen LogP contribution in [0.15, 0.2) is 64.2 Å². The average molecular weight is 532 g/mol. The molecule has 0 radical (unpaired) electrons. The largest absolute Gasteiger partial charge is 0.347 e. The molecule has 6 nitrogen and oxygen atoms in total. The zero-order chi connectivity index (χ0) is 22.3. The van der Waals surface area contributed by atoms with Gasteiger partial charge >= 0.3 is 0 Å². The van der Waals surface area contributed by atoms with Gasteiger partial charge < -0.3 is 14.8 Å². The van der Waals surface area contributed by atoms with E-state index in [0.29, 0.717) is 29.9 Å². The summed E-state index contributed by atoms with van der Waals surface area (Å²) in [4.78, 5) is 14.1. The van der Waals surface area contributed by atoms with Gasteiger partial charge in [0.1, 0.15) is 11.5 Å². The van der Waals surface area contributed by atoms with Crippen molar-refractivity contribution in [1.82, 2.24) is 15.0 Å². The maximum Gasteiger partial charge on any atom is 0.201 e. The number of halogens is 1. The zero-order valence-electron chi connectivity index (χ0n) is 17.7. The molecule has 0 atom stereocenters. The summed E-state index contributed by atoms with van der Waals surface area (Å²) in [5.41, 5.74) is 2.84. The minimum absolute atomic E-state index is 0.524. The predicted molar refractivity (Wildman–Crippen MR) is 135 cm³/mol. The van der Waals surface area contributed by atoms with Crippen LogP contribution in [0.4, 0.5) is 10.9 Å². The molecule has 166 valence electrons. The Labute approximate surface area is 203 Å². The van der Waals surface area contributed by atoms with Crippen LogP contribution in [0, 0.1) is 0 Å². The van der Waals surface area contributed by atoms with E-state index in [9.17, 15) is 0 Å². The van der Waals surface area contributed by atoms with Crippen LogP contribution in [0.3, 0.4) is 0 Å². The highest BCUT2D eigenvalue weighted by atomic mass is 79.9. The van der Waals surface area contributed by atoms with Gasteiger partial charge in [0.05, 0.1) is 10.2 Å². The summed E-state index contributed by atoms with van der Waals surface area (Å²) in [5.74, 6) is 1.43. The molecule has 0 amide bonds. The number of ether oxygens (including phenoxy) is 2. The van der Waals surface area contributed by atoms with Gasteiger partial charge in [-0.05, 0) is 37.6 Å². The number of aromatic nitrogens is 3. The van der Waals surface area contributed by atoms with Gasteiger partial charge in [0.15, 0.2) is 10.3 Å². The van der Waals surface area contributed by atoms with E-state index in [2.05, 4.69) is 44.4 Å². The molecule has 32 heavy (non-hydrogen) atoms. The van der Waals surface area contributed by atoms with E-state index in [4.69, 9.17) is 19.4 Å². The standard InChI is InChI=1S/C23H23BrN4O2S2/c1-3-29-21(30-4-2)18-13-20(27-22(26-18)31-14-15-8-6-5-7-9-15)28-23-25-17-11-10-16(24)12-19(17)32-23/h5-13,21H,3-4,14H2,1-2H3,(H,25,26,27,28). The van der Waals surface area contributed by atoms with Crippen LogP contribution in [0.1, 0.15) is 31.4 Å². The highest BCUT2D eigenvalue weighted by Crippen LogP contribution is 2.32. The number of benzene rings is 2. The minimum atomic E-state index is -0.545. The maximum atomic E-state index is 5.78. The molecule has 0 saturated carbocycles. The minimum Gasteiger partial charge on any atom is -0.347 e. The Morgan fingerprint density at radius 3 is 2.53 bits per heavy atom. The van der Waals surface area contributed by atoms with E-state index < -0.39 is 6.29 Å². The summed E-state index contributed by atoms with van der Waals surface area (Å²) in [5, 5.41) is 4.77. The molecule has 4 rings (SSSR count). The molecule has 0 fully saturated rings. The first kappa shape index (κ1) is 23.1. The molecule has 0 aliphatic heterocycles. The Hall–Kier alpha value is -2.04. The van der Waals surface area contributed by atoms with Crippen LogP contribution in [-0.2, 0) is 15.2 Å². The van der Waals surface area contributed by atoms with E-state index >= 15 is 0 Å². The quantitative estimate of drug-likeness (QED) is 0.135.